The van der Waals surface area contributed by atoms with E-state index >= 15 is 0 Å². The molecular weight excluding hydrogens is 156 g/mol. The highest BCUT2D eigenvalue weighted by molar-refractivity contribution is 5.25. The minimum absolute atomic E-state index is 1.03. The molecule has 0 aromatic heterocycles. The molecule has 0 N–H and O–H groups in total. The van der Waals surface area contributed by atoms with Gasteiger partial charge in [0.1, 0.15) is 0 Å². The molecule has 0 fully saturated rings. The number of hydrogen-bond acceptors (Lipinski definition) is 0. The van der Waals surface area contributed by atoms with Gasteiger partial charge in [0.25, 0.3) is 0 Å². The van der Waals surface area contributed by atoms with Crippen LogP contribution in [0.1, 0.15) is 58.8 Å². The average Bonchev–Trinajstić information content (AvgIpc) is 2.13. The highest BCUT2D eigenvalue weighted by Gasteiger charge is 1.88. The maximum Gasteiger partial charge on any atom is 0.00922 e. The monoisotopic (exact) mass is 178 g/mol. The molecule has 0 aromatic rings. The molecular formula is C13H22. The van der Waals surface area contributed by atoms with Crippen LogP contribution in [0.15, 0.2) is 12.2 Å². The van der Waals surface area contributed by atoms with Crippen molar-refractivity contribution in [2.24, 2.45) is 0 Å². The van der Waals surface area contributed by atoms with Gasteiger partial charge in [0, 0.05) is 6.42 Å². The molecule has 0 aliphatic rings. The van der Waals surface area contributed by atoms with Crippen LogP contribution < -0.4 is 0 Å². The molecule has 0 saturated carbocycles. The Morgan fingerprint density at radius 3 is 2.38 bits per heavy atom. The van der Waals surface area contributed by atoms with Gasteiger partial charge in [0.2, 0.25) is 0 Å². The fraction of sp³-hybridized carbons (Fsp3) is 0.692. The predicted molar refractivity (Wildman–Crippen MR) is 60.6 cm³/mol. The highest BCUT2D eigenvalue weighted by atomic mass is 13.9. The van der Waals surface area contributed by atoms with E-state index in [1.807, 2.05) is 0 Å². The summed E-state index contributed by atoms with van der Waals surface area (Å²) < 4.78 is 0. The Balaban J connectivity index is 3.41. The molecule has 13 heavy (non-hydrogen) atoms. The van der Waals surface area contributed by atoms with Crippen LogP contribution in [-0.4, -0.2) is 0 Å². The summed E-state index contributed by atoms with van der Waals surface area (Å²) >= 11 is 0. The van der Waals surface area contributed by atoms with Crippen LogP contribution in [0.25, 0.3) is 0 Å². The third kappa shape index (κ3) is 9.21. The molecule has 0 heterocycles. The molecule has 0 rings (SSSR count). The first-order chi connectivity index (χ1) is 6.31. The van der Waals surface area contributed by atoms with E-state index in [-0.39, 0.29) is 0 Å². The van der Waals surface area contributed by atoms with Gasteiger partial charge >= 0.3 is 0 Å². The van der Waals surface area contributed by atoms with Gasteiger partial charge in [-0.3, -0.25) is 0 Å². The molecule has 0 radical (unpaired) electrons. The number of unbranched alkanes of at least 4 members (excludes halogenated alkanes) is 4. The van der Waals surface area contributed by atoms with Crippen molar-refractivity contribution in [3.63, 3.8) is 0 Å². The van der Waals surface area contributed by atoms with Gasteiger partial charge in [0.15, 0.2) is 0 Å². The summed E-state index contributed by atoms with van der Waals surface area (Å²) in [4.78, 5) is 0. The minimum Gasteiger partial charge on any atom is -0.0983 e. The van der Waals surface area contributed by atoms with Crippen LogP contribution in [-0.2, 0) is 0 Å². The van der Waals surface area contributed by atoms with Crippen molar-refractivity contribution in [2.45, 2.75) is 58.8 Å². The van der Waals surface area contributed by atoms with Crippen molar-refractivity contribution in [1.29, 1.82) is 0 Å². The fourth-order valence-corrected chi connectivity index (χ4v) is 1.10. The summed E-state index contributed by atoms with van der Waals surface area (Å²) in [5.74, 6) is 6.30. The van der Waals surface area contributed by atoms with Gasteiger partial charge in [-0.15, -0.1) is 0 Å². The quantitative estimate of drug-likeness (QED) is 0.420. The van der Waals surface area contributed by atoms with Crippen LogP contribution in [0.5, 0.6) is 0 Å². The van der Waals surface area contributed by atoms with Crippen molar-refractivity contribution in [1.82, 2.24) is 0 Å². The maximum absolute atomic E-state index is 3.95. The average molecular weight is 178 g/mol. The van der Waals surface area contributed by atoms with E-state index in [1.54, 1.807) is 0 Å². The molecule has 0 atom stereocenters. The van der Waals surface area contributed by atoms with Crippen LogP contribution in [0.2, 0.25) is 0 Å². The van der Waals surface area contributed by atoms with Crippen molar-refractivity contribution < 1.29 is 0 Å². The zero-order valence-corrected chi connectivity index (χ0v) is 9.16. The molecule has 0 unspecified atom stereocenters. The van der Waals surface area contributed by atoms with E-state index in [1.165, 1.54) is 32.1 Å². The summed E-state index contributed by atoms with van der Waals surface area (Å²) in [6.07, 6.45) is 8.40. The minimum atomic E-state index is 1.03. The largest absolute Gasteiger partial charge is 0.0983 e. The normalized spacial score (nSPS) is 9.08. The van der Waals surface area contributed by atoms with Crippen molar-refractivity contribution in [3.8, 4) is 11.8 Å². The Labute approximate surface area is 83.4 Å². The lowest BCUT2D eigenvalue weighted by Gasteiger charge is -1.95. The summed E-state index contributed by atoms with van der Waals surface area (Å²) in [5, 5.41) is 0. The smallest absolute Gasteiger partial charge is 0.00922 e. The van der Waals surface area contributed by atoms with Crippen molar-refractivity contribution in [3.05, 3.63) is 12.2 Å². The second kappa shape index (κ2) is 9.39. The van der Waals surface area contributed by atoms with E-state index < -0.39 is 0 Å². The standard InChI is InChI=1S/C13H22/c1-4-6-8-10-12-13(3)11-9-7-5-2/h3-9,11H2,1-2H3. The van der Waals surface area contributed by atoms with Crippen LogP contribution in [0.3, 0.4) is 0 Å². The zero-order valence-electron chi connectivity index (χ0n) is 9.16. The van der Waals surface area contributed by atoms with Crippen molar-refractivity contribution >= 4 is 0 Å². The third-order valence-corrected chi connectivity index (χ3v) is 2.00. The molecule has 0 aliphatic heterocycles. The summed E-state index contributed by atoms with van der Waals surface area (Å²) in [6, 6.07) is 0. The number of hydrogen-bond donors (Lipinski definition) is 0. The van der Waals surface area contributed by atoms with Gasteiger partial charge in [-0.05, 0) is 24.8 Å². The molecule has 0 spiro atoms. The number of allylic oxidation sites excluding steroid dienone is 1. The van der Waals surface area contributed by atoms with E-state index in [2.05, 4.69) is 32.3 Å². The lowest BCUT2D eigenvalue weighted by atomic mass is 10.1. The first-order valence-electron chi connectivity index (χ1n) is 5.47. The molecule has 0 heteroatoms. The van der Waals surface area contributed by atoms with Crippen LogP contribution in [0.4, 0.5) is 0 Å². The first-order valence-corrected chi connectivity index (χ1v) is 5.47. The zero-order chi connectivity index (χ0) is 9.94. The van der Waals surface area contributed by atoms with Gasteiger partial charge in [-0.25, -0.2) is 0 Å². The maximum atomic E-state index is 3.95. The molecule has 0 saturated heterocycles. The Hall–Kier alpha value is -0.700. The molecule has 0 nitrogen and oxygen atoms in total. The van der Waals surface area contributed by atoms with Gasteiger partial charge < -0.3 is 0 Å². The van der Waals surface area contributed by atoms with Gasteiger partial charge in [-0.2, -0.15) is 0 Å². The molecule has 0 amide bonds. The molecule has 0 aliphatic carbocycles. The lowest BCUT2D eigenvalue weighted by molar-refractivity contribution is 0.722. The Kier molecular flexibility index (Phi) is 8.88. The Morgan fingerprint density at radius 1 is 1.08 bits per heavy atom. The lowest BCUT2D eigenvalue weighted by Crippen LogP contribution is -1.78. The van der Waals surface area contributed by atoms with E-state index in [0.29, 0.717) is 0 Å². The third-order valence-electron chi connectivity index (χ3n) is 2.00. The van der Waals surface area contributed by atoms with Crippen LogP contribution in [0, 0.1) is 11.8 Å². The molecule has 0 aromatic carbocycles. The SMILES string of the molecule is C=C(C#CCCCC)CCCCC. The topological polar surface area (TPSA) is 0 Å². The number of rotatable bonds is 6. The van der Waals surface area contributed by atoms with Gasteiger partial charge in [-0.1, -0.05) is 51.5 Å². The molecule has 0 bridgehead atoms. The Bertz CT molecular complexity index is 178. The second-order valence-corrected chi connectivity index (χ2v) is 3.47. The van der Waals surface area contributed by atoms with E-state index in [9.17, 15) is 0 Å². The fourth-order valence-electron chi connectivity index (χ4n) is 1.10. The molecule has 74 valence electrons. The summed E-state index contributed by atoms with van der Waals surface area (Å²) in [6.45, 7) is 8.36. The first kappa shape index (κ1) is 12.3. The van der Waals surface area contributed by atoms with Crippen LogP contribution >= 0.6 is 0 Å². The predicted octanol–water partition coefficient (Wildman–Crippen LogP) is 4.32. The summed E-state index contributed by atoms with van der Waals surface area (Å²) in [7, 11) is 0. The van der Waals surface area contributed by atoms with Gasteiger partial charge in [0.05, 0.1) is 0 Å². The Morgan fingerprint density at radius 2 is 1.77 bits per heavy atom. The highest BCUT2D eigenvalue weighted by Crippen LogP contribution is 2.05. The van der Waals surface area contributed by atoms with E-state index in [0.717, 1.165) is 18.4 Å². The second-order valence-electron chi connectivity index (χ2n) is 3.47. The summed E-state index contributed by atoms with van der Waals surface area (Å²) in [5.41, 5.74) is 1.12. The van der Waals surface area contributed by atoms with E-state index in [4.69, 9.17) is 0 Å². The van der Waals surface area contributed by atoms with Crippen molar-refractivity contribution in [2.75, 3.05) is 0 Å².